The van der Waals surface area contributed by atoms with Crippen molar-refractivity contribution in [3.05, 3.63) is 60.2 Å². The maximum atomic E-state index is 12.3. The Morgan fingerprint density at radius 3 is 2.23 bits per heavy atom. The van der Waals surface area contributed by atoms with Gasteiger partial charge in [0.1, 0.15) is 0 Å². The van der Waals surface area contributed by atoms with Crippen LogP contribution in [-0.4, -0.2) is 42.5 Å². The summed E-state index contributed by atoms with van der Waals surface area (Å²) in [6, 6.07) is 14.0. The second-order valence-corrected chi connectivity index (χ2v) is 10.2. The van der Waals surface area contributed by atoms with E-state index in [4.69, 9.17) is 0 Å². The maximum absolute atomic E-state index is 12.3. The van der Waals surface area contributed by atoms with Crippen molar-refractivity contribution in [1.29, 1.82) is 0 Å². The molecule has 1 saturated carbocycles. The van der Waals surface area contributed by atoms with Crippen molar-refractivity contribution in [3.8, 4) is 0 Å². The molecule has 0 spiro atoms. The topological polar surface area (TPSA) is 121 Å². The molecule has 10 heteroatoms. The standard InChI is InChI=1S/C20H23N3O5S2/c1-29(26)13-18(14-5-3-2-4-6-14)22-20(25)19(24)21-15-9-11-17(12-10-15)30(27,28)23-16-7-8-16/h2-6,9-12,16,18,23H,7-8,13H2,1H3,(H,21,24)(H,22,25)/t18-,29-/m1/s1. The second kappa shape index (κ2) is 9.50. The number of sulfonamides is 1. The number of carbonyl (C=O) groups is 2. The highest BCUT2D eigenvalue weighted by Gasteiger charge is 2.28. The van der Waals surface area contributed by atoms with E-state index in [0.29, 0.717) is 0 Å². The van der Waals surface area contributed by atoms with E-state index in [2.05, 4.69) is 15.4 Å². The van der Waals surface area contributed by atoms with Crippen LogP contribution in [0.2, 0.25) is 0 Å². The average molecular weight is 450 g/mol. The van der Waals surface area contributed by atoms with Crippen LogP contribution in [0.25, 0.3) is 0 Å². The molecule has 160 valence electrons. The largest absolute Gasteiger partial charge is 0.340 e. The molecule has 30 heavy (non-hydrogen) atoms. The predicted molar refractivity (Wildman–Crippen MR) is 115 cm³/mol. The molecule has 2 aromatic carbocycles. The van der Waals surface area contributed by atoms with Crippen LogP contribution in [0, 0.1) is 0 Å². The molecule has 0 aromatic heterocycles. The van der Waals surface area contributed by atoms with Crippen molar-refractivity contribution in [2.24, 2.45) is 0 Å². The third kappa shape index (κ3) is 6.22. The predicted octanol–water partition coefficient (Wildman–Crippen LogP) is 1.30. The first-order valence-corrected chi connectivity index (χ1v) is 12.5. The molecule has 2 amide bonds. The first-order chi connectivity index (χ1) is 14.2. The maximum Gasteiger partial charge on any atom is 0.313 e. The van der Waals surface area contributed by atoms with Crippen molar-refractivity contribution in [2.45, 2.75) is 29.8 Å². The van der Waals surface area contributed by atoms with Crippen LogP contribution in [0.4, 0.5) is 5.69 Å². The number of benzene rings is 2. The Labute approximate surface area is 178 Å². The second-order valence-electron chi connectivity index (χ2n) is 7.05. The van der Waals surface area contributed by atoms with Crippen molar-refractivity contribution in [1.82, 2.24) is 10.0 Å². The number of hydrogen-bond acceptors (Lipinski definition) is 5. The monoisotopic (exact) mass is 449 g/mol. The fourth-order valence-electron chi connectivity index (χ4n) is 2.76. The summed E-state index contributed by atoms with van der Waals surface area (Å²) in [5.41, 5.74) is 1.03. The highest BCUT2D eigenvalue weighted by Crippen LogP contribution is 2.23. The van der Waals surface area contributed by atoms with E-state index in [1.807, 2.05) is 6.07 Å². The molecule has 1 aliphatic rings. The van der Waals surface area contributed by atoms with E-state index in [1.54, 1.807) is 24.3 Å². The van der Waals surface area contributed by atoms with E-state index < -0.39 is 38.7 Å². The first kappa shape index (κ1) is 22.1. The number of amides is 2. The molecule has 2 aromatic rings. The van der Waals surface area contributed by atoms with Gasteiger partial charge >= 0.3 is 11.8 Å². The lowest BCUT2D eigenvalue weighted by atomic mass is 10.1. The Kier molecular flexibility index (Phi) is 7.01. The molecular weight excluding hydrogens is 426 g/mol. The van der Waals surface area contributed by atoms with Crippen LogP contribution in [0.5, 0.6) is 0 Å². The summed E-state index contributed by atoms with van der Waals surface area (Å²) in [6.07, 6.45) is 3.19. The van der Waals surface area contributed by atoms with Crippen molar-refractivity contribution < 1.29 is 22.2 Å². The Balaban J connectivity index is 1.63. The van der Waals surface area contributed by atoms with E-state index in [-0.39, 0.29) is 22.4 Å². The molecule has 0 saturated heterocycles. The van der Waals surface area contributed by atoms with E-state index in [1.165, 1.54) is 30.5 Å². The number of rotatable bonds is 8. The molecule has 0 unspecified atom stereocenters. The summed E-state index contributed by atoms with van der Waals surface area (Å²) in [5.74, 6) is -1.60. The highest BCUT2D eigenvalue weighted by molar-refractivity contribution is 7.89. The average Bonchev–Trinajstić information content (AvgIpc) is 3.51. The number of anilines is 1. The van der Waals surface area contributed by atoms with Crippen LogP contribution in [0.3, 0.4) is 0 Å². The van der Waals surface area contributed by atoms with E-state index in [9.17, 15) is 22.2 Å². The number of nitrogens with one attached hydrogen (secondary N) is 3. The van der Waals surface area contributed by atoms with Gasteiger partial charge in [-0.25, -0.2) is 13.1 Å². The van der Waals surface area contributed by atoms with Gasteiger partial charge in [-0.2, -0.15) is 0 Å². The van der Waals surface area contributed by atoms with Gasteiger partial charge in [-0.1, -0.05) is 30.3 Å². The molecular formula is C20H23N3O5S2. The molecule has 0 radical (unpaired) electrons. The molecule has 0 aliphatic heterocycles. The van der Waals surface area contributed by atoms with E-state index >= 15 is 0 Å². The molecule has 8 nitrogen and oxygen atoms in total. The van der Waals surface area contributed by atoms with Gasteiger partial charge in [-0.15, -0.1) is 0 Å². The van der Waals surface area contributed by atoms with Gasteiger partial charge in [0.15, 0.2) is 0 Å². The van der Waals surface area contributed by atoms with Gasteiger partial charge in [-0.3, -0.25) is 13.8 Å². The minimum absolute atomic E-state index is 0.00640. The smallest absolute Gasteiger partial charge is 0.313 e. The Bertz CT molecular complexity index is 1040. The molecule has 0 heterocycles. The SMILES string of the molecule is C[S@@](=O)C[C@@H](NC(=O)C(=O)Nc1ccc(S(=O)(=O)NC2CC2)cc1)c1ccccc1. The molecule has 1 fully saturated rings. The summed E-state index contributed by atoms with van der Waals surface area (Å²) in [6.45, 7) is 0. The van der Waals surface area contributed by atoms with Gasteiger partial charge in [0.25, 0.3) is 0 Å². The first-order valence-electron chi connectivity index (χ1n) is 9.34. The lowest BCUT2D eigenvalue weighted by Crippen LogP contribution is -2.39. The molecule has 0 bridgehead atoms. The summed E-state index contributed by atoms with van der Waals surface area (Å²) in [5, 5.41) is 5.04. The number of hydrogen-bond donors (Lipinski definition) is 3. The molecule has 2 atom stereocenters. The number of carbonyl (C=O) groups excluding carboxylic acids is 2. The quantitative estimate of drug-likeness (QED) is 0.525. The van der Waals surface area contributed by atoms with Crippen LogP contribution in [0.15, 0.2) is 59.5 Å². The molecule has 3 rings (SSSR count). The zero-order chi connectivity index (χ0) is 21.7. The van der Waals surface area contributed by atoms with Gasteiger partial charge < -0.3 is 10.6 Å². The summed E-state index contributed by atoms with van der Waals surface area (Å²) >= 11 is 0. The zero-order valence-corrected chi connectivity index (χ0v) is 18.0. The third-order valence-corrected chi connectivity index (χ3v) is 6.78. The van der Waals surface area contributed by atoms with Crippen LogP contribution >= 0.6 is 0 Å². The van der Waals surface area contributed by atoms with Gasteiger partial charge in [0.05, 0.1) is 10.9 Å². The van der Waals surface area contributed by atoms with Crippen LogP contribution in [0.1, 0.15) is 24.4 Å². The van der Waals surface area contributed by atoms with Crippen molar-refractivity contribution >= 4 is 38.3 Å². The van der Waals surface area contributed by atoms with Gasteiger partial charge in [0.2, 0.25) is 10.0 Å². The Hall–Kier alpha value is -2.56. The lowest BCUT2D eigenvalue weighted by molar-refractivity contribution is -0.136. The minimum atomic E-state index is -3.59. The molecule has 1 aliphatic carbocycles. The Morgan fingerprint density at radius 2 is 1.67 bits per heavy atom. The Morgan fingerprint density at radius 1 is 1.03 bits per heavy atom. The van der Waals surface area contributed by atoms with Gasteiger partial charge in [0, 0.05) is 34.5 Å². The highest BCUT2D eigenvalue weighted by atomic mass is 32.2. The fraction of sp³-hybridized carbons (Fsp3) is 0.300. The fourth-order valence-corrected chi connectivity index (χ4v) is 4.81. The van der Waals surface area contributed by atoms with Crippen LogP contribution < -0.4 is 15.4 Å². The normalized spacial score (nSPS) is 15.8. The summed E-state index contributed by atoms with van der Waals surface area (Å²) in [7, 11) is -4.77. The van der Waals surface area contributed by atoms with E-state index in [0.717, 1.165) is 18.4 Å². The lowest BCUT2D eigenvalue weighted by Gasteiger charge is -2.18. The summed E-state index contributed by atoms with van der Waals surface area (Å²) in [4.78, 5) is 24.7. The summed E-state index contributed by atoms with van der Waals surface area (Å²) < 4.78 is 38.6. The van der Waals surface area contributed by atoms with Crippen LogP contribution in [-0.2, 0) is 30.4 Å². The van der Waals surface area contributed by atoms with Crippen molar-refractivity contribution in [2.75, 3.05) is 17.3 Å². The minimum Gasteiger partial charge on any atom is -0.340 e. The zero-order valence-electron chi connectivity index (χ0n) is 16.3. The van der Waals surface area contributed by atoms with Crippen molar-refractivity contribution in [3.63, 3.8) is 0 Å². The third-order valence-electron chi connectivity index (χ3n) is 4.44. The van der Waals surface area contributed by atoms with Gasteiger partial charge in [-0.05, 0) is 42.7 Å². The molecule has 3 N–H and O–H groups in total.